The predicted molar refractivity (Wildman–Crippen MR) is 106 cm³/mol. The molecule has 1 saturated heterocycles. The minimum Gasteiger partial charge on any atom is -0.497 e. The number of benzene rings is 2. The Morgan fingerprint density at radius 3 is 2.29 bits per heavy atom. The van der Waals surface area contributed by atoms with Crippen LogP contribution in [-0.4, -0.2) is 56.7 Å². The molecule has 1 aliphatic rings. The first-order chi connectivity index (χ1) is 13.7. The van der Waals surface area contributed by atoms with Gasteiger partial charge in [-0.2, -0.15) is 0 Å². The number of hydrogen-bond donors (Lipinski definition) is 1. The van der Waals surface area contributed by atoms with Crippen molar-refractivity contribution in [2.24, 2.45) is 0 Å². The van der Waals surface area contributed by atoms with Gasteiger partial charge in [-0.25, -0.2) is 4.79 Å². The fourth-order valence-corrected chi connectivity index (χ4v) is 3.04. The van der Waals surface area contributed by atoms with Gasteiger partial charge in [-0.05, 0) is 29.8 Å². The average Bonchev–Trinajstić information content (AvgIpc) is 2.77. The number of hydrogen-bond acceptors (Lipinski definition) is 5. The number of anilines is 1. The summed E-state index contributed by atoms with van der Waals surface area (Å²) in [5.74, 6) is 0.717. The van der Waals surface area contributed by atoms with Gasteiger partial charge in [0, 0.05) is 31.9 Å². The summed E-state index contributed by atoms with van der Waals surface area (Å²) in [5, 5.41) is 2.53. The molecule has 2 amide bonds. The second-order valence-electron chi connectivity index (χ2n) is 6.48. The minimum absolute atomic E-state index is 0.0594. The molecular weight excluding hydrogens is 358 g/mol. The Morgan fingerprint density at radius 1 is 0.964 bits per heavy atom. The number of piperazine rings is 1. The highest BCUT2D eigenvalue weighted by Crippen LogP contribution is 2.20. The third-order valence-electron chi connectivity index (χ3n) is 4.67. The van der Waals surface area contributed by atoms with Gasteiger partial charge in [0.05, 0.1) is 7.11 Å². The fourth-order valence-electron chi connectivity index (χ4n) is 3.04. The van der Waals surface area contributed by atoms with Crippen molar-refractivity contribution in [2.45, 2.75) is 6.61 Å². The van der Waals surface area contributed by atoms with Crippen LogP contribution in [0.4, 0.5) is 10.5 Å². The van der Waals surface area contributed by atoms with E-state index in [1.54, 1.807) is 12.0 Å². The molecule has 0 spiro atoms. The van der Waals surface area contributed by atoms with E-state index in [2.05, 4.69) is 10.2 Å². The minimum atomic E-state index is -0.589. The smallest absolute Gasteiger partial charge is 0.407 e. The van der Waals surface area contributed by atoms with E-state index in [0.717, 1.165) is 30.1 Å². The molecule has 0 unspecified atom stereocenters. The van der Waals surface area contributed by atoms with Gasteiger partial charge >= 0.3 is 6.09 Å². The lowest BCUT2D eigenvalue weighted by molar-refractivity contribution is -0.130. The van der Waals surface area contributed by atoms with Gasteiger partial charge in [-0.3, -0.25) is 4.79 Å². The number of amides is 2. The molecule has 0 aliphatic carbocycles. The van der Waals surface area contributed by atoms with Crippen LogP contribution in [0.2, 0.25) is 0 Å². The quantitative estimate of drug-likeness (QED) is 0.829. The van der Waals surface area contributed by atoms with Crippen LogP contribution in [0.1, 0.15) is 5.56 Å². The first kappa shape index (κ1) is 19.5. The molecule has 0 radical (unpaired) electrons. The van der Waals surface area contributed by atoms with Crippen molar-refractivity contribution in [1.29, 1.82) is 0 Å². The van der Waals surface area contributed by atoms with Crippen LogP contribution in [0.15, 0.2) is 54.6 Å². The molecule has 2 aromatic carbocycles. The van der Waals surface area contributed by atoms with Crippen molar-refractivity contribution in [3.63, 3.8) is 0 Å². The number of methoxy groups -OCH3 is 1. The van der Waals surface area contributed by atoms with E-state index in [9.17, 15) is 9.59 Å². The lowest BCUT2D eigenvalue weighted by Gasteiger charge is -2.36. The number of alkyl carbamates (subject to hydrolysis) is 1. The lowest BCUT2D eigenvalue weighted by atomic mass is 10.2. The largest absolute Gasteiger partial charge is 0.497 e. The van der Waals surface area contributed by atoms with Crippen LogP contribution in [0.25, 0.3) is 0 Å². The van der Waals surface area contributed by atoms with Gasteiger partial charge in [0.25, 0.3) is 0 Å². The van der Waals surface area contributed by atoms with Crippen LogP contribution < -0.4 is 15.0 Å². The highest BCUT2D eigenvalue weighted by Gasteiger charge is 2.21. The number of carbonyl (C=O) groups excluding carboxylic acids is 2. The molecule has 148 valence electrons. The monoisotopic (exact) mass is 383 g/mol. The van der Waals surface area contributed by atoms with Crippen molar-refractivity contribution in [2.75, 3.05) is 44.7 Å². The fraction of sp³-hybridized carbons (Fsp3) is 0.333. The molecule has 7 nitrogen and oxygen atoms in total. The third-order valence-corrected chi connectivity index (χ3v) is 4.67. The zero-order chi connectivity index (χ0) is 19.8. The predicted octanol–water partition coefficient (Wildman–Crippen LogP) is 2.27. The summed E-state index contributed by atoms with van der Waals surface area (Å²) >= 11 is 0. The molecule has 1 heterocycles. The summed E-state index contributed by atoms with van der Waals surface area (Å²) in [6, 6.07) is 17.3. The molecular formula is C21H25N3O4. The Hall–Kier alpha value is -3.22. The van der Waals surface area contributed by atoms with Crippen LogP contribution >= 0.6 is 0 Å². The van der Waals surface area contributed by atoms with Crippen molar-refractivity contribution in [1.82, 2.24) is 10.2 Å². The van der Waals surface area contributed by atoms with Gasteiger partial charge in [-0.1, -0.05) is 30.3 Å². The van der Waals surface area contributed by atoms with E-state index in [0.29, 0.717) is 13.1 Å². The third kappa shape index (κ3) is 5.39. The highest BCUT2D eigenvalue weighted by molar-refractivity contribution is 5.82. The van der Waals surface area contributed by atoms with Crippen LogP contribution in [0.3, 0.4) is 0 Å². The number of carbonyl (C=O) groups is 2. The highest BCUT2D eigenvalue weighted by atomic mass is 16.5. The molecule has 7 heteroatoms. The van der Waals surface area contributed by atoms with Gasteiger partial charge in [0.2, 0.25) is 5.91 Å². The molecule has 1 aliphatic heterocycles. The molecule has 1 N–H and O–H groups in total. The maximum Gasteiger partial charge on any atom is 0.407 e. The molecule has 28 heavy (non-hydrogen) atoms. The number of rotatable bonds is 6. The van der Waals surface area contributed by atoms with E-state index in [1.807, 2.05) is 54.6 Å². The molecule has 0 bridgehead atoms. The Morgan fingerprint density at radius 2 is 1.64 bits per heavy atom. The summed E-state index contributed by atoms with van der Waals surface area (Å²) in [4.78, 5) is 28.1. The Kier molecular flexibility index (Phi) is 6.73. The van der Waals surface area contributed by atoms with Crippen molar-refractivity contribution in [3.8, 4) is 5.75 Å². The van der Waals surface area contributed by atoms with Crippen molar-refractivity contribution in [3.05, 3.63) is 60.2 Å². The maximum absolute atomic E-state index is 12.3. The molecule has 2 aromatic rings. The standard InChI is InChI=1S/C21H25N3O4/c1-27-19-9-7-18(8-10-19)23-11-13-24(14-12-23)20(25)15-22-21(26)28-16-17-5-3-2-4-6-17/h2-10H,11-16H2,1H3,(H,22,26). The Labute approximate surface area is 164 Å². The van der Waals surface area contributed by atoms with Crippen LogP contribution in [0, 0.1) is 0 Å². The first-order valence-corrected chi connectivity index (χ1v) is 9.27. The van der Waals surface area contributed by atoms with E-state index in [4.69, 9.17) is 9.47 Å². The Bertz CT molecular complexity index is 772. The van der Waals surface area contributed by atoms with Crippen molar-refractivity contribution >= 4 is 17.7 Å². The van der Waals surface area contributed by atoms with Crippen LogP contribution in [-0.2, 0) is 16.1 Å². The molecule has 0 saturated carbocycles. The van der Waals surface area contributed by atoms with E-state index < -0.39 is 6.09 Å². The summed E-state index contributed by atoms with van der Waals surface area (Å²) in [7, 11) is 1.64. The zero-order valence-corrected chi connectivity index (χ0v) is 16.0. The van der Waals surface area contributed by atoms with E-state index >= 15 is 0 Å². The second kappa shape index (κ2) is 9.64. The number of ether oxygens (including phenoxy) is 2. The normalized spacial score (nSPS) is 13.8. The van der Waals surface area contributed by atoms with Gasteiger partial charge < -0.3 is 24.6 Å². The first-order valence-electron chi connectivity index (χ1n) is 9.27. The van der Waals surface area contributed by atoms with E-state index in [-0.39, 0.29) is 19.1 Å². The second-order valence-corrected chi connectivity index (χ2v) is 6.48. The van der Waals surface area contributed by atoms with E-state index in [1.165, 1.54) is 0 Å². The summed E-state index contributed by atoms with van der Waals surface area (Å²) in [5.41, 5.74) is 2.01. The Balaban J connectivity index is 1.38. The number of nitrogens with one attached hydrogen (secondary N) is 1. The van der Waals surface area contributed by atoms with Crippen LogP contribution in [0.5, 0.6) is 5.75 Å². The molecule has 3 rings (SSSR count). The van der Waals surface area contributed by atoms with Gasteiger partial charge in [0.15, 0.2) is 0 Å². The lowest BCUT2D eigenvalue weighted by Crippen LogP contribution is -2.51. The molecule has 1 fully saturated rings. The van der Waals surface area contributed by atoms with Gasteiger partial charge in [-0.15, -0.1) is 0 Å². The SMILES string of the molecule is COc1ccc(N2CCN(C(=O)CNC(=O)OCc3ccccc3)CC2)cc1. The zero-order valence-electron chi connectivity index (χ0n) is 16.0. The number of nitrogens with zero attached hydrogens (tertiary/aromatic N) is 2. The summed E-state index contributed by atoms with van der Waals surface area (Å²) in [6.45, 7) is 2.85. The summed E-state index contributed by atoms with van der Waals surface area (Å²) in [6.07, 6.45) is -0.589. The summed E-state index contributed by atoms with van der Waals surface area (Å²) < 4.78 is 10.3. The maximum atomic E-state index is 12.3. The molecule has 0 atom stereocenters. The average molecular weight is 383 g/mol. The van der Waals surface area contributed by atoms with Gasteiger partial charge in [0.1, 0.15) is 18.9 Å². The topological polar surface area (TPSA) is 71.1 Å². The van der Waals surface area contributed by atoms with Crippen molar-refractivity contribution < 1.29 is 19.1 Å². The molecule has 0 aromatic heterocycles.